The van der Waals surface area contributed by atoms with Crippen LogP contribution in [0.4, 0.5) is 18.9 Å². The van der Waals surface area contributed by atoms with Crippen LogP contribution < -0.4 is 15.4 Å². The molecule has 21 heavy (non-hydrogen) atoms. The third-order valence-corrected chi connectivity index (χ3v) is 2.56. The Morgan fingerprint density at radius 3 is 2.81 bits per heavy atom. The van der Waals surface area contributed by atoms with E-state index in [1.807, 2.05) is 0 Å². The zero-order valence-electron chi connectivity index (χ0n) is 10.8. The number of benzene rings is 1. The third kappa shape index (κ3) is 5.78. The van der Waals surface area contributed by atoms with Crippen molar-refractivity contribution in [2.45, 2.75) is 12.5 Å². The monoisotopic (exact) mass is 326 g/mol. The first-order chi connectivity index (χ1) is 9.44. The maximum Gasteiger partial charge on any atom is 0.573 e. The van der Waals surface area contributed by atoms with E-state index in [0.29, 0.717) is 19.7 Å². The summed E-state index contributed by atoms with van der Waals surface area (Å²) in [5.41, 5.74) is 0.214. The fraction of sp³-hybridized carbons (Fsp3) is 0.417. The van der Waals surface area contributed by atoms with Gasteiger partial charge in [-0.05, 0) is 12.1 Å². The molecule has 2 N–H and O–H groups in total. The SMILES string of the molecule is Cl.O=C(Nc1cccc(OC(F)(F)F)c1)C1CNCCO1. The highest BCUT2D eigenvalue weighted by molar-refractivity contribution is 5.94. The molecule has 1 saturated heterocycles. The van der Waals surface area contributed by atoms with Crippen LogP contribution in [0, 0.1) is 0 Å². The van der Waals surface area contributed by atoms with Crippen LogP contribution in [0.15, 0.2) is 24.3 Å². The molecule has 0 spiro atoms. The molecule has 1 aromatic carbocycles. The summed E-state index contributed by atoms with van der Waals surface area (Å²) in [6, 6.07) is 5.08. The summed E-state index contributed by atoms with van der Waals surface area (Å²) < 4.78 is 45.3. The lowest BCUT2D eigenvalue weighted by atomic mass is 10.2. The summed E-state index contributed by atoms with van der Waals surface area (Å²) in [6.07, 6.45) is -5.42. The number of alkyl halides is 3. The van der Waals surface area contributed by atoms with E-state index in [9.17, 15) is 18.0 Å². The van der Waals surface area contributed by atoms with Gasteiger partial charge in [-0.2, -0.15) is 0 Å². The van der Waals surface area contributed by atoms with Crippen molar-refractivity contribution in [1.82, 2.24) is 5.32 Å². The molecule has 1 aliphatic heterocycles. The molecule has 0 aliphatic carbocycles. The van der Waals surface area contributed by atoms with Crippen LogP contribution in [-0.2, 0) is 9.53 Å². The number of hydrogen-bond acceptors (Lipinski definition) is 4. The zero-order chi connectivity index (χ0) is 14.6. The van der Waals surface area contributed by atoms with Crippen LogP contribution in [0.5, 0.6) is 5.75 Å². The largest absolute Gasteiger partial charge is 0.573 e. The lowest BCUT2D eigenvalue weighted by molar-refractivity contribution is -0.274. The van der Waals surface area contributed by atoms with Crippen molar-refractivity contribution in [3.8, 4) is 5.75 Å². The second kappa shape index (κ2) is 7.48. The molecule has 0 saturated carbocycles. The number of amides is 1. The molecular weight excluding hydrogens is 313 g/mol. The van der Waals surface area contributed by atoms with Crippen molar-refractivity contribution >= 4 is 24.0 Å². The number of halogens is 4. The van der Waals surface area contributed by atoms with Crippen molar-refractivity contribution in [2.75, 3.05) is 25.0 Å². The van der Waals surface area contributed by atoms with Crippen molar-refractivity contribution in [3.63, 3.8) is 0 Å². The standard InChI is InChI=1S/C12H13F3N2O3.ClH/c13-12(14,15)20-9-3-1-2-8(6-9)17-11(18)10-7-16-4-5-19-10;/h1-3,6,10,16H,4-5,7H2,(H,17,18);1H. The number of hydrogen-bond donors (Lipinski definition) is 2. The van der Waals surface area contributed by atoms with Gasteiger partial charge < -0.3 is 20.1 Å². The van der Waals surface area contributed by atoms with E-state index in [2.05, 4.69) is 15.4 Å². The summed E-state index contributed by atoms with van der Waals surface area (Å²) >= 11 is 0. The molecule has 1 heterocycles. The fourth-order valence-electron chi connectivity index (χ4n) is 1.73. The molecule has 1 atom stereocenters. The molecule has 1 aliphatic rings. The van der Waals surface area contributed by atoms with Gasteiger partial charge >= 0.3 is 6.36 Å². The minimum atomic E-state index is -4.76. The molecule has 1 aromatic rings. The topological polar surface area (TPSA) is 59.6 Å². The molecule has 5 nitrogen and oxygen atoms in total. The number of ether oxygens (including phenoxy) is 2. The average molecular weight is 327 g/mol. The Kier molecular flexibility index (Phi) is 6.25. The lowest BCUT2D eigenvalue weighted by Crippen LogP contribution is -2.45. The molecule has 0 bridgehead atoms. The zero-order valence-corrected chi connectivity index (χ0v) is 11.6. The van der Waals surface area contributed by atoms with Crippen molar-refractivity contribution in [2.24, 2.45) is 0 Å². The van der Waals surface area contributed by atoms with Gasteiger partial charge in [0.1, 0.15) is 11.9 Å². The van der Waals surface area contributed by atoms with Crippen molar-refractivity contribution in [3.05, 3.63) is 24.3 Å². The number of anilines is 1. The van der Waals surface area contributed by atoms with Gasteiger partial charge in [0, 0.05) is 24.8 Å². The number of rotatable bonds is 3. The van der Waals surface area contributed by atoms with E-state index in [1.54, 1.807) is 0 Å². The highest BCUT2D eigenvalue weighted by Crippen LogP contribution is 2.25. The van der Waals surface area contributed by atoms with Crippen LogP contribution in [0.25, 0.3) is 0 Å². The Bertz CT molecular complexity index is 479. The Balaban J connectivity index is 0.00000220. The molecule has 1 amide bonds. The summed E-state index contributed by atoms with van der Waals surface area (Å²) in [4.78, 5) is 11.8. The smallest absolute Gasteiger partial charge is 0.406 e. The van der Waals surface area contributed by atoms with E-state index in [-0.39, 0.29) is 18.1 Å². The third-order valence-electron chi connectivity index (χ3n) is 2.56. The molecular formula is C12H14ClF3N2O3. The van der Waals surface area contributed by atoms with Crippen LogP contribution in [0.2, 0.25) is 0 Å². The highest BCUT2D eigenvalue weighted by atomic mass is 35.5. The highest BCUT2D eigenvalue weighted by Gasteiger charge is 2.31. The summed E-state index contributed by atoms with van der Waals surface area (Å²) in [7, 11) is 0. The van der Waals surface area contributed by atoms with Crippen LogP contribution in [0.3, 0.4) is 0 Å². The van der Waals surface area contributed by atoms with E-state index in [1.165, 1.54) is 12.1 Å². The van der Waals surface area contributed by atoms with Gasteiger partial charge in [-0.3, -0.25) is 4.79 Å². The minimum Gasteiger partial charge on any atom is -0.406 e. The van der Waals surface area contributed by atoms with E-state index >= 15 is 0 Å². The molecule has 9 heteroatoms. The van der Waals surface area contributed by atoms with E-state index in [0.717, 1.165) is 12.1 Å². The molecule has 0 aromatic heterocycles. The van der Waals surface area contributed by atoms with Crippen LogP contribution in [-0.4, -0.2) is 38.1 Å². The molecule has 118 valence electrons. The van der Waals surface area contributed by atoms with E-state index in [4.69, 9.17) is 4.74 Å². The number of nitrogens with one attached hydrogen (secondary N) is 2. The predicted octanol–water partition coefficient (Wildman–Crippen LogP) is 1.93. The molecule has 0 radical (unpaired) electrons. The normalized spacial score (nSPS) is 18.5. The second-order valence-corrected chi connectivity index (χ2v) is 4.13. The van der Waals surface area contributed by atoms with Gasteiger partial charge in [-0.15, -0.1) is 25.6 Å². The summed E-state index contributed by atoms with van der Waals surface area (Å²) in [5.74, 6) is -0.806. The Morgan fingerprint density at radius 2 is 2.19 bits per heavy atom. The van der Waals surface area contributed by atoms with Gasteiger partial charge in [-0.25, -0.2) is 0 Å². The van der Waals surface area contributed by atoms with Crippen LogP contribution >= 0.6 is 12.4 Å². The molecule has 1 unspecified atom stereocenters. The fourth-order valence-corrected chi connectivity index (χ4v) is 1.73. The first-order valence-electron chi connectivity index (χ1n) is 5.93. The Morgan fingerprint density at radius 1 is 1.43 bits per heavy atom. The van der Waals surface area contributed by atoms with E-state index < -0.39 is 24.1 Å². The molecule has 1 fully saturated rings. The first kappa shape index (κ1) is 17.5. The molecule has 2 rings (SSSR count). The van der Waals surface area contributed by atoms with Crippen LogP contribution in [0.1, 0.15) is 0 Å². The van der Waals surface area contributed by atoms with Gasteiger partial charge in [0.15, 0.2) is 0 Å². The number of carbonyl (C=O) groups is 1. The quantitative estimate of drug-likeness (QED) is 0.891. The van der Waals surface area contributed by atoms with Gasteiger partial charge in [-0.1, -0.05) is 6.07 Å². The maximum absolute atomic E-state index is 12.1. The maximum atomic E-state index is 12.1. The summed E-state index contributed by atoms with van der Waals surface area (Å²) in [5, 5.41) is 5.47. The average Bonchev–Trinajstić information content (AvgIpc) is 2.38. The second-order valence-electron chi connectivity index (χ2n) is 4.13. The number of morpholine rings is 1. The Hall–Kier alpha value is -1.51. The van der Waals surface area contributed by atoms with Gasteiger partial charge in [0.05, 0.1) is 6.61 Å². The van der Waals surface area contributed by atoms with Crippen molar-refractivity contribution < 1.29 is 27.4 Å². The number of carbonyl (C=O) groups excluding carboxylic acids is 1. The Labute approximate surface area is 125 Å². The summed E-state index contributed by atoms with van der Waals surface area (Å²) in [6.45, 7) is 1.44. The lowest BCUT2D eigenvalue weighted by Gasteiger charge is -2.22. The van der Waals surface area contributed by atoms with Gasteiger partial charge in [0.2, 0.25) is 0 Å². The van der Waals surface area contributed by atoms with Gasteiger partial charge in [0.25, 0.3) is 5.91 Å². The minimum absolute atomic E-state index is 0. The van der Waals surface area contributed by atoms with Crippen molar-refractivity contribution in [1.29, 1.82) is 0 Å². The first-order valence-corrected chi connectivity index (χ1v) is 5.93. The predicted molar refractivity (Wildman–Crippen MR) is 71.6 cm³/mol.